The summed E-state index contributed by atoms with van der Waals surface area (Å²) in [7, 11) is 0. The lowest BCUT2D eigenvalue weighted by atomic mass is 9.98. The SMILES string of the molecule is NCC(NC(=O)c1ccon1)C1CCCC1. The van der Waals surface area contributed by atoms with E-state index in [-0.39, 0.29) is 11.9 Å². The van der Waals surface area contributed by atoms with E-state index >= 15 is 0 Å². The number of hydrogen-bond acceptors (Lipinski definition) is 4. The molecule has 1 saturated carbocycles. The molecule has 1 aliphatic carbocycles. The summed E-state index contributed by atoms with van der Waals surface area (Å²) in [5, 5.41) is 6.53. The van der Waals surface area contributed by atoms with Gasteiger partial charge in [-0.25, -0.2) is 0 Å². The van der Waals surface area contributed by atoms with Gasteiger partial charge in [-0.05, 0) is 18.8 Å². The van der Waals surface area contributed by atoms with Crippen LogP contribution in [0, 0.1) is 5.92 Å². The van der Waals surface area contributed by atoms with Crippen molar-refractivity contribution in [2.24, 2.45) is 11.7 Å². The highest BCUT2D eigenvalue weighted by Gasteiger charge is 2.26. The van der Waals surface area contributed by atoms with Gasteiger partial charge in [0.1, 0.15) is 6.26 Å². The van der Waals surface area contributed by atoms with Crippen molar-refractivity contribution in [2.45, 2.75) is 31.7 Å². The predicted molar refractivity (Wildman–Crippen MR) is 58.8 cm³/mol. The molecule has 1 aliphatic rings. The van der Waals surface area contributed by atoms with Crippen LogP contribution in [0.15, 0.2) is 16.9 Å². The van der Waals surface area contributed by atoms with Crippen LogP contribution in [0.3, 0.4) is 0 Å². The van der Waals surface area contributed by atoms with E-state index in [1.165, 1.54) is 19.1 Å². The van der Waals surface area contributed by atoms with Gasteiger partial charge in [0.15, 0.2) is 5.69 Å². The number of hydrogen-bond donors (Lipinski definition) is 2. The van der Waals surface area contributed by atoms with E-state index in [1.54, 1.807) is 6.07 Å². The number of nitrogens with zero attached hydrogens (tertiary/aromatic N) is 1. The standard InChI is InChI=1S/C11H17N3O2/c12-7-10(8-3-1-2-4-8)13-11(15)9-5-6-16-14-9/h5-6,8,10H,1-4,7,12H2,(H,13,15). The molecule has 0 spiro atoms. The summed E-state index contributed by atoms with van der Waals surface area (Å²) in [5.41, 5.74) is 6.01. The van der Waals surface area contributed by atoms with Gasteiger partial charge in [-0.15, -0.1) is 0 Å². The first-order valence-corrected chi connectivity index (χ1v) is 5.72. The van der Waals surface area contributed by atoms with E-state index in [4.69, 9.17) is 5.73 Å². The Morgan fingerprint density at radius 1 is 1.62 bits per heavy atom. The fourth-order valence-electron chi connectivity index (χ4n) is 2.30. The molecule has 5 nitrogen and oxygen atoms in total. The quantitative estimate of drug-likeness (QED) is 0.795. The molecule has 1 fully saturated rings. The summed E-state index contributed by atoms with van der Waals surface area (Å²) in [6.07, 6.45) is 6.17. The number of nitrogens with two attached hydrogens (primary N) is 1. The Hall–Kier alpha value is -1.36. The Balaban J connectivity index is 1.93. The average molecular weight is 223 g/mol. The Morgan fingerprint density at radius 3 is 2.94 bits per heavy atom. The van der Waals surface area contributed by atoms with Crippen LogP contribution >= 0.6 is 0 Å². The van der Waals surface area contributed by atoms with Crippen LogP contribution < -0.4 is 11.1 Å². The zero-order chi connectivity index (χ0) is 11.4. The largest absolute Gasteiger partial charge is 0.364 e. The number of rotatable bonds is 4. The molecular formula is C11H17N3O2. The maximum atomic E-state index is 11.7. The van der Waals surface area contributed by atoms with Gasteiger partial charge >= 0.3 is 0 Å². The highest BCUT2D eigenvalue weighted by Crippen LogP contribution is 2.27. The van der Waals surface area contributed by atoms with Crippen LogP contribution in [0.5, 0.6) is 0 Å². The van der Waals surface area contributed by atoms with Crippen LogP contribution in [0.1, 0.15) is 36.2 Å². The highest BCUT2D eigenvalue weighted by atomic mass is 16.5. The maximum Gasteiger partial charge on any atom is 0.273 e. The first kappa shape index (κ1) is 11.1. The molecule has 1 amide bonds. The predicted octanol–water partition coefficient (Wildman–Crippen LogP) is 0.922. The van der Waals surface area contributed by atoms with Gasteiger partial charge in [0.2, 0.25) is 0 Å². The van der Waals surface area contributed by atoms with E-state index in [0.29, 0.717) is 18.2 Å². The first-order valence-electron chi connectivity index (χ1n) is 5.72. The fraction of sp³-hybridized carbons (Fsp3) is 0.636. The third kappa shape index (κ3) is 2.41. The molecule has 2 rings (SSSR count). The lowest BCUT2D eigenvalue weighted by Gasteiger charge is -2.22. The molecule has 1 atom stereocenters. The molecule has 0 aromatic carbocycles. The number of nitrogens with one attached hydrogen (secondary N) is 1. The van der Waals surface area contributed by atoms with Crippen molar-refractivity contribution in [1.29, 1.82) is 0 Å². The van der Waals surface area contributed by atoms with Crippen LogP contribution in [0.4, 0.5) is 0 Å². The lowest BCUT2D eigenvalue weighted by molar-refractivity contribution is 0.0915. The number of amides is 1. The highest BCUT2D eigenvalue weighted by molar-refractivity contribution is 5.92. The van der Waals surface area contributed by atoms with Crippen molar-refractivity contribution < 1.29 is 9.32 Å². The van der Waals surface area contributed by atoms with Gasteiger partial charge in [-0.1, -0.05) is 18.0 Å². The van der Waals surface area contributed by atoms with Crippen LogP contribution in [-0.2, 0) is 0 Å². The Bertz CT molecular complexity index is 331. The van der Waals surface area contributed by atoms with Gasteiger partial charge in [0.25, 0.3) is 5.91 Å². The van der Waals surface area contributed by atoms with Crippen molar-refractivity contribution in [3.05, 3.63) is 18.0 Å². The molecule has 0 aliphatic heterocycles. The summed E-state index contributed by atoms with van der Waals surface area (Å²) in [5.74, 6) is 0.317. The number of carbonyl (C=O) groups excluding carboxylic acids is 1. The molecule has 1 heterocycles. The summed E-state index contributed by atoms with van der Waals surface area (Å²) in [6.45, 7) is 0.480. The van der Waals surface area contributed by atoms with Gasteiger partial charge < -0.3 is 15.6 Å². The van der Waals surface area contributed by atoms with Gasteiger partial charge in [-0.3, -0.25) is 4.79 Å². The van der Waals surface area contributed by atoms with E-state index in [9.17, 15) is 4.79 Å². The van der Waals surface area contributed by atoms with Gasteiger partial charge in [0, 0.05) is 18.7 Å². The third-order valence-corrected chi connectivity index (χ3v) is 3.21. The molecule has 0 radical (unpaired) electrons. The van der Waals surface area contributed by atoms with Crippen LogP contribution in [-0.4, -0.2) is 23.7 Å². The van der Waals surface area contributed by atoms with Gasteiger partial charge in [0.05, 0.1) is 0 Å². The molecule has 1 unspecified atom stereocenters. The van der Waals surface area contributed by atoms with Crippen molar-refractivity contribution in [3.8, 4) is 0 Å². The second kappa shape index (κ2) is 5.12. The lowest BCUT2D eigenvalue weighted by Crippen LogP contribution is -2.44. The molecule has 5 heteroatoms. The Kier molecular flexibility index (Phi) is 3.56. The molecular weight excluding hydrogens is 206 g/mol. The van der Waals surface area contributed by atoms with Crippen molar-refractivity contribution in [1.82, 2.24) is 10.5 Å². The monoisotopic (exact) mass is 223 g/mol. The van der Waals surface area contributed by atoms with Crippen molar-refractivity contribution in [2.75, 3.05) is 6.54 Å². The smallest absolute Gasteiger partial charge is 0.273 e. The summed E-state index contributed by atoms with van der Waals surface area (Å²) in [6, 6.07) is 1.61. The molecule has 1 aromatic heterocycles. The number of aromatic nitrogens is 1. The summed E-state index contributed by atoms with van der Waals surface area (Å²) in [4.78, 5) is 11.7. The van der Waals surface area contributed by atoms with E-state index < -0.39 is 0 Å². The molecule has 88 valence electrons. The van der Waals surface area contributed by atoms with Crippen molar-refractivity contribution >= 4 is 5.91 Å². The molecule has 0 saturated heterocycles. The summed E-state index contributed by atoms with van der Waals surface area (Å²) >= 11 is 0. The number of carbonyl (C=O) groups is 1. The topological polar surface area (TPSA) is 81.1 Å². The zero-order valence-electron chi connectivity index (χ0n) is 9.19. The van der Waals surface area contributed by atoms with E-state index in [1.807, 2.05) is 0 Å². The van der Waals surface area contributed by atoms with Crippen LogP contribution in [0.2, 0.25) is 0 Å². The maximum absolute atomic E-state index is 11.7. The van der Waals surface area contributed by atoms with Gasteiger partial charge in [-0.2, -0.15) is 0 Å². The first-order chi connectivity index (χ1) is 7.81. The fourth-order valence-corrected chi connectivity index (χ4v) is 2.30. The average Bonchev–Trinajstić information content (AvgIpc) is 2.96. The molecule has 1 aromatic rings. The molecule has 16 heavy (non-hydrogen) atoms. The normalized spacial score (nSPS) is 18.6. The Morgan fingerprint density at radius 2 is 2.38 bits per heavy atom. The van der Waals surface area contributed by atoms with Crippen LogP contribution in [0.25, 0.3) is 0 Å². The second-order valence-electron chi connectivity index (χ2n) is 4.24. The minimum Gasteiger partial charge on any atom is -0.364 e. The Labute approximate surface area is 94.4 Å². The zero-order valence-corrected chi connectivity index (χ0v) is 9.19. The third-order valence-electron chi connectivity index (χ3n) is 3.21. The van der Waals surface area contributed by atoms with E-state index in [0.717, 1.165) is 12.8 Å². The van der Waals surface area contributed by atoms with Crippen molar-refractivity contribution in [3.63, 3.8) is 0 Å². The molecule has 3 N–H and O–H groups in total. The summed E-state index contributed by atoms with van der Waals surface area (Å²) < 4.78 is 4.63. The minimum absolute atomic E-state index is 0.0618. The minimum atomic E-state index is -0.198. The second-order valence-corrected chi connectivity index (χ2v) is 4.24. The van der Waals surface area contributed by atoms with E-state index in [2.05, 4.69) is 15.0 Å². The molecule has 0 bridgehead atoms.